The molecule has 0 radical (unpaired) electrons. The fourth-order valence-corrected chi connectivity index (χ4v) is 9.60. The number of fused-ring (bicyclic) bond motifs is 3. The minimum absolute atomic E-state index is 0.0377. The first-order valence-electron chi connectivity index (χ1n) is 7.97. The number of halogens is 1. The van der Waals surface area contributed by atoms with E-state index in [1.165, 1.54) is 6.42 Å². The van der Waals surface area contributed by atoms with E-state index in [1.807, 2.05) is 6.92 Å². The first-order chi connectivity index (χ1) is 9.82. The molecule has 4 saturated heterocycles. The van der Waals surface area contributed by atoms with Gasteiger partial charge in [0.25, 0.3) is 0 Å². The molecule has 0 aromatic carbocycles. The zero-order chi connectivity index (χ0) is 15.0. The van der Waals surface area contributed by atoms with E-state index in [9.17, 15) is 4.79 Å². The van der Waals surface area contributed by atoms with Crippen molar-refractivity contribution in [2.45, 2.75) is 74.9 Å². The molecule has 2 bridgehead atoms. The summed E-state index contributed by atoms with van der Waals surface area (Å²) in [5, 5.41) is 0. The zero-order valence-corrected chi connectivity index (χ0v) is 15.3. The summed E-state index contributed by atoms with van der Waals surface area (Å²) in [5.74, 6) is 0.294. The number of carbonyl (C=O) groups is 1. The summed E-state index contributed by atoms with van der Waals surface area (Å²) in [5.41, 5.74) is -0.861. The molecule has 0 amide bonds. The Kier molecular flexibility index (Phi) is 3.02. The number of nitrogens with one attached hydrogen (secondary N) is 2. The number of hydrogen-bond acceptors (Lipinski definition) is 5. The van der Waals surface area contributed by atoms with Crippen molar-refractivity contribution in [1.29, 1.82) is 0 Å². The topological polar surface area (TPSA) is 79.4 Å². The summed E-state index contributed by atoms with van der Waals surface area (Å²) in [7, 11) is 0. The molecule has 4 aliphatic heterocycles. The molecular weight excluding hydrogens is 383 g/mol. The van der Waals surface area contributed by atoms with Crippen LogP contribution in [-0.2, 0) is 14.3 Å². The Bertz CT molecular complexity index is 491. The Labute approximate surface area is 134 Å². The number of carbonyl (C=O) groups excluding carboxylic acids is 1. The molecule has 4 heterocycles. The average molecular weight is 408 g/mol. The summed E-state index contributed by atoms with van der Waals surface area (Å²) < 4.78 is 18.9. The summed E-state index contributed by atoms with van der Waals surface area (Å²) in [6, 6.07) is 0. The summed E-state index contributed by atoms with van der Waals surface area (Å²) in [6.07, 6.45) is 4.80. The second-order valence-electron chi connectivity index (χ2n) is 7.53. The second kappa shape index (κ2) is 4.33. The molecule has 4 aliphatic rings. The van der Waals surface area contributed by atoms with Crippen LogP contribution in [0.1, 0.15) is 53.4 Å². The van der Waals surface area contributed by atoms with E-state index in [1.54, 1.807) is 0 Å². The predicted molar refractivity (Wildman–Crippen MR) is 87.6 cm³/mol. The van der Waals surface area contributed by atoms with Crippen LogP contribution in [-0.4, -0.2) is 27.4 Å². The molecular formula is C15H25IN2O3. The van der Waals surface area contributed by atoms with E-state index in [-0.39, 0.29) is 15.7 Å². The third-order valence-electron chi connectivity index (χ3n) is 5.93. The normalized spacial score (nSPS) is 39.6. The Morgan fingerprint density at radius 2 is 2.05 bits per heavy atom. The van der Waals surface area contributed by atoms with Crippen molar-refractivity contribution in [3.05, 3.63) is 0 Å². The average Bonchev–Trinajstić information content (AvgIpc) is 3.18. The Balaban J connectivity index is 1.48. The van der Waals surface area contributed by atoms with Crippen molar-refractivity contribution >= 4 is 26.3 Å². The zero-order valence-electron chi connectivity index (χ0n) is 13.2. The third-order valence-corrected chi connectivity index (χ3v) is 10.9. The number of alkyl halides is 1. The van der Waals surface area contributed by atoms with Crippen molar-refractivity contribution < 1.29 is 14.3 Å². The Morgan fingerprint density at radius 1 is 1.38 bits per heavy atom. The quantitative estimate of drug-likeness (QED) is 0.183. The van der Waals surface area contributed by atoms with Crippen LogP contribution in [0.3, 0.4) is 0 Å². The third kappa shape index (κ3) is 1.95. The number of hydrogen-bond donors (Lipinski definition) is 2. The molecule has 0 aliphatic carbocycles. The second-order valence-corrected chi connectivity index (χ2v) is 11.8. The van der Waals surface area contributed by atoms with Gasteiger partial charge in [-0.15, -0.1) is 0 Å². The minimum atomic E-state index is -1.15. The number of rotatable bonds is 5. The number of esters is 1. The van der Waals surface area contributed by atoms with Crippen LogP contribution in [0.15, 0.2) is 0 Å². The van der Waals surface area contributed by atoms with Gasteiger partial charge in [0.2, 0.25) is 0 Å². The molecule has 4 fully saturated rings. The van der Waals surface area contributed by atoms with E-state index >= 15 is 0 Å². The van der Waals surface area contributed by atoms with Gasteiger partial charge in [-0.3, -0.25) is 0 Å². The first-order valence-corrected chi connectivity index (χ1v) is 11.2. The molecule has 2 N–H and O–H groups in total. The monoisotopic (exact) mass is 408 g/mol. The van der Waals surface area contributed by atoms with E-state index in [4.69, 9.17) is 9.47 Å². The first kappa shape index (κ1) is 14.7. The van der Waals surface area contributed by atoms with Crippen LogP contribution in [0.2, 0.25) is 0 Å². The van der Waals surface area contributed by atoms with Crippen molar-refractivity contribution in [2.24, 2.45) is 11.3 Å². The van der Waals surface area contributed by atoms with Gasteiger partial charge in [0, 0.05) is 0 Å². The van der Waals surface area contributed by atoms with Gasteiger partial charge in [-0.25, -0.2) is 0 Å². The Hall–Kier alpha value is 0.0800. The molecule has 0 saturated carbocycles. The van der Waals surface area contributed by atoms with Gasteiger partial charge in [-0.1, -0.05) is 0 Å². The van der Waals surface area contributed by atoms with Gasteiger partial charge < -0.3 is 0 Å². The summed E-state index contributed by atoms with van der Waals surface area (Å²) >= 11 is -1.15. The van der Waals surface area contributed by atoms with Gasteiger partial charge in [-0.05, 0) is 0 Å². The van der Waals surface area contributed by atoms with Crippen molar-refractivity contribution in [2.75, 3.05) is 0 Å². The van der Waals surface area contributed by atoms with Crippen LogP contribution in [0.5, 0.6) is 0 Å². The molecule has 4 atom stereocenters. The standard InChI is InChI=1S/C15H25IN2O3/c1-5-14(4,15-16(17-15)18-15)12(19)21-13(2,3)10-8-9-6-7-11(10)20-9/h9-11,17-18H,5-8H2,1-4H3. The SMILES string of the molecule is CCC(C)(C(=O)OC(C)(C)C1CC2CCC1O2)C12NI1N2. The summed E-state index contributed by atoms with van der Waals surface area (Å²) in [4.78, 5) is 12.9. The van der Waals surface area contributed by atoms with Gasteiger partial charge in [0.05, 0.1) is 0 Å². The molecule has 21 heavy (non-hydrogen) atoms. The molecule has 5 nitrogen and oxygen atoms in total. The van der Waals surface area contributed by atoms with Gasteiger partial charge in [0.15, 0.2) is 0 Å². The van der Waals surface area contributed by atoms with Gasteiger partial charge in [-0.2, -0.15) is 0 Å². The van der Waals surface area contributed by atoms with Crippen molar-refractivity contribution in [3.63, 3.8) is 0 Å². The molecule has 0 aromatic rings. The van der Waals surface area contributed by atoms with Crippen LogP contribution in [0, 0.1) is 11.3 Å². The molecule has 4 rings (SSSR count). The maximum absolute atomic E-state index is 12.9. The van der Waals surface area contributed by atoms with Crippen molar-refractivity contribution in [1.82, 2.24) is 7.06 Å². The Morgan fingerprint density at radius 3 is 2.48 bits per heavy atom. The van der Waals surface area contributed by atoms with E-state index < -0.39 is 31.4 Å². The molecule has 4 unspecified atom stereocenters. The van der Waals surface area contributed by atoms with Crippen LogP contribution in [0.4, 0.5) is 0 Å². The molecule has 0 spiro atoms. The van der Waals surface area contributed by atoms with Crippen LogP contribution < -0.4 is 7.06 Å². The number of ether oxygens (including phenoxy) is 2. The maximum atomic E-state index is 12.9. The van der Waals surface area contributed by atoms with Gasteiger partial charge in [0.1, 0.15) is 0 Å². The van der Waals surface area contributed by atoms with E-state index in [0.717, 1.165) is 19.3 Å². The molecule has 0 aromatic heterocycles. The predicted octanol–water partition coefficient (Wildman–Crippen LogP) is 2.49. The fraction of sp³-hybridized carbons (Fsp3) is 0.933. The molecule has 6 heteroatoms. The summed E-state index contributed by atoms with van der Waals surface area (Å²) in [6.45, 7) is 8.25. The van der Waals surface area contributed by atoms with Gasteiger partial charge >= 0.3 is 134 Å². The van der Waals surface area contributed by atoms with Crippen molar-refractivity contribution in [3.8, 4) is 0 Å². The van der Waals surface area contributed by atoms with E-state index in [0.29, 0.717) is 12.0 Å². The van der Waals surface area contributed by atoms with E-state index in [2.05, 4.69) is 27.8 Å². The molecule has 120 valence electrons. The van der Waals surface area contributed by atoms with Crippen LogP contribution >= 0.6 is 20.4 Å². The fourth-order valence-electron chi connectivity index (χ4n) is 3.97. The van der Waals surface area contributed by atoms with Crippen LogP contribution in [0.25, 0.3) is 0 Å².